The summed E-state index contributed by atoms with van der Waals surface area (Å²) in [4.78, 5) is 0. The van der Waals surface area contributed by atoms with Gasteiger partial charge in [0.05, 0.1) is 0 Å². The Morgan fingerprint density at radius 2 is 1.88 bits per heavy atom. The topological polar surface area (TPSA) is 12.0 Å². The molecule has 2 rings (SSSR count). The van der Waals surface area contributed by atoms with E-state index in [1.54, 1.807) is 0 Å². The molecule has 0 saturated carbocycles. The first-order valence-electron chi connectivity index (χ1n) is 5.10. The smallest absolute Gasteiger partial charge is 0.194 e. The molecule has 0 spiro atoms. The predicted octanol–water partition coefficient (Wildman–Crippen LogP) is 3.41. The zero-order valence-electron chi connectivity index (χ0n) is 8.77. The lowest BCUT2D eigenvalue weighted by Crippen LogP contribution is -2.24. The third kappa shape index (κ3) is 2.29. The van der Waals surface area contributed by atoms with Gasteiger partial charge in [0.1, 0.15) is 0 Å². The summed E-state index contributed by atoms with van der Waals surface area (Å²) >= 11 is 1.81. The second kappa shape index (κ2) is 4.57. The average Bonchev–Trinajstić information content (AvgIpc) is 2.61. The van der Waals surface area contributed by atoms with E-state index in [0.717, 1.165) is 24.3 Å². The highest BCUT2D eigenvalue weighted by atomic mass is 32.2. The Bertz CT molecular complexity index is 374. The highest BCUT2D eigenvalue weighted by molar-refractivity contribution is 8.00. The van der Waals surface area contributed by atoms with Gasteiger partial charge in [-0.15, -0.1) is 0 Å². The number of halogens is 3. The van der Waals surface area contributed by atoms with Crippen molar-refractivity contribution in [3.63, 3.8) is 0 Å². The lowest BCUT2D eigenvalue weighted by molar-refractivity contribution is 0.447. The molecule has 2 atom stereocenters. The van der Waals surface area contributed by atoms with Crippen molar-refractivity contribution in [2.45, 2.75) is 24.6 Å². The highest BCUT2D eigenvalue weighted by Gasteiger charge is 2.24. The van der Waals surface area contributed by atoms with Crippen molar-refractivity contribution in [3.05, 3.63) is 29.6 Å². The lowest BCUT2D eigenvalue weighted by Gasteiger charge is -2.18. The largest absolute Gasteiger partial charge is 0.381 e. The van der Waals surface area contributed by atoms with Gasteiger partial charge in [0, 0.05) is 29.1 Å². The second-order valence-corrected chi connectivity index (χ2v) is 5.35. The third-order valence-corrected chi connectivity index (χ3v) is 4.04. The van der Waals surface area contributed by atoms with Gasteiger partial charge in [-0.2, -0.15) is 11.8 Å². The van der Waals surface area contributed by atoms with Crippen molar-refractivity contribution < 1.29 is 13.2 Å². The van der Waals surface area contributed by atoms with Crippen LogP contribution in [-0.4, -0.2) is 17.0 Å². The van der Waals surface area contributed by atoms with Crippen LogP contribution in [0.5, 0.6) is 0 Å². The Kier molecular flexibility index (Phi) is 3.33. The summed E-state index contributed by atoms with van der Waals surface area (Å²) in [7, 11) is 0. The molecule has 0 aliphatic carbocycles. The van der Waals surface area contributed by atoms with Crippen LogP contribution in [0.25, 0.3) is 0 Å². The van der Waals surface area contributed by atoms with Gasteiger partial charge in [-0.3, -0.25) is 0 Å². The van der Waals surface area contributed by atoms with Crippen LogP contribution in [0.1, 0.15) is 13.3 Å². The maximum Gasteiger partial charge on any atom is 0.194 e. The molecule has 0 aromatic heterocycles. The van der Waals surface area contributed by atoms with Crippen LogP contribution in [0.4, 0.5) is 18.9 Å². The van der Waals surface area contributed by atoms with Crippen molar-refractivity contribution in [2.24, 2.45) is 0 Å². The van der Waals surface area contributed by atoms with Gasteiger partial charge >= 0.3 is 0 Å². The van der Waals surface area contributed by atoms with Gasteiger partial charge < -0.3 is 5.32 Å². The quantitative estimate of drug-likeness (QED) is 0.804. The molecule has 1 saturated heterocycles. The van der Waals surface area contributed by atoms with Crippen molar-refractivity contribution in [2.75, 3.05) is 11.1 Å². The molecule has 0 amide bonds. The van der Waals surface area contributed by atoms with Gasteiger partial charge in [0.25, 0.3) is 0 Å². The first kappa shape index (κ1) is 11.6. The third-order valence-electron chi connectivity index (χ3n) is 2.71. The number of hydrogen-bond donors (Lipinski definition) is 1. The molecule has 0 radical (unpaired) electrons. The van der Waals surface area contributed by atoms with Crippen LogP contribution in [0.2, 0.25) is 0 Å². The highest BCUT2D eigenvalue weighted by Crippen LogP contribution is 2.29. The molecule has 1 aromatic rings. The summed E-state index contributed by atoms with van der Waals surface area (Å²) < 4.78 is 38.6. The van der Waals surface area contributed by atoms with E-state index in [1.807, 2.05) is 11.8 Å². The van der Waals surface area contributed by atoms with Gasteiger partial charge in [-0.25, -0.2) is 13.2 Å². The Labute approximate surface area is 96.4 Å². The van der Waals surface area contributed by atoms with Crippen LogP contribution < -0.4 is 5.32 Å². The average molecular weight is 247 g/mol. The van der Waals surface area contributed by atoms with E-state index in [0.29, 0.717) is 10.9 Å². The summed E-state index contributed by atoms with van der Waals surface area (Å²) in [6.45, 7) is 2.06. The molecule has 1 nitrogen and oxygen atoms in total. The van der Waals surface area contributed by atoms with Gasteiger partial charge in [0.2, 0.25) is 0 Å². The van der Waals surface area contributed by atoms with Gasteiger partial charge in [-0.05, 0) is 12.2 Å². The summed E-state index contributed by atoms with van der Waals surface area (Å²) in [6, 6.07) is 2.18. The van der Waals surface area contributed by atoms with E-state index in [1.165, 1.54) is 0 Å². The fraction of sp³-hybridized carbons (Fsp3) is 0.455. The molecular weight excluding hydrogens is 235 g/mol. The molecule has 5 heteroatoms. The van der Waals surface area contributed by atoms with E-state index in [-0.39, 0.29) is 6.04 Å². The zero-order valence-corrected chi connectivity index (χ0v) is 9.58. The minimum absolute atomic E-state index is 0.189. The second-order valence-electron chi connectivity index (χ2n) is 3.87. The van der Waals surface area contributed by atoms with E-state index in [4.69, 9.17) is 0 Å². The summed E-state index contributed by atoms with van der Waals surface area (Å²) in [5.74, 6) is -2.69. The predicted molar refractivity (Wildman–Crippen MR) is 60.3 cm³/mol. The van der Waals surface area contributed by atoms with E-state index >= 15 is 0 Å². The number of nitrogens with one attached hydrogen (secondary N) is 1. The Hall–Kier alpha value is -0.840. The number of anilines is 1. The molecular formula is C11H12F3NS. The molecule has 16 heavy (non-hydrogen) atoms. The maximum atomic E-state index is 13.0. The Morgan fingerprint density at radius 1 is 1.25 bits per heavy atom. The van der Waals surface area contributed by atoms with Crippen LogP contribution in [0.3, 0.4) is 0 Å². The van der Waals surface area contributed by atoms with Crippen LogP contribution in [0.15, 0.2) is 12.1 Å². The summed E-state index contributed by atoms with van der Waals surface area (Å²) in [5, 5.41) is 3.43. The van der Waals surface area contributed by atoms with Crippen LogP contribution in [-0.2, 0) is 0 Å². The molecule has 2 unspecified atom stereocenters. The number of thioether (sulfide) groups is 1. The van der Waals surface area contributed by atoms with Crippen LogP contribution in [0, 0.1) is 17.5 Å². The summed E-state index contributed by atoms with van der Waals surface area (Å²) in [5.41, 5.74) is 0.302. The normalized spacial score (nSPS) is 24.8. The van der Waals surface area contributed by atoms with Crippen molar-refractivity contribution in [1.29, 1.82) is 0 Å². The molecule has 1 heterocycles. The zero-order chi connectivity index (χ0) is 11.7. The molecule has 1 fully saturated rings. The molecule has 0 bridgehead atoms. The fourth-order valence-electron chi connectivity index (χ4n) is 1.77. The Morgan fingerprint density at radius 3 is 2.38 bits per heavy atom. The van der Waals surface area contributed by atoms with Crippen molar-refractivity contribution in [1.82, 2.24) is 0 Å². The monoisotopic (exact) mass is 247 g/mol. The molecule has 1 aliphatic rings. The Balaban J connectivity index is 2.15. The minimum Gasteiger partial charge on any atom is -0.381 e. The van der Waals surface area contributed by atoms with E-state index in [2.05, 4.69) is 12.2 Å². The maximum absolute atomic E-state index is 13.0. The van der Waals surface area contributed by atoms with Gasteiger partial charge in [-0.1, -0.05) is 6.92 Å². The van der Waals surface area contributed by atoms with E-state index < -0.39 is 17.5 Å². The molecule has 1 N–H and O–H groups in total. The van der Waals surface area contributed by atoms with E-state index in [9.17, 15) is 13.2 Å². The number of hydrogen-bond acceptors (Lipinski definition) is 2. The molecule has 1 aliphatic heterocycles. The SMILES string of the molecule is CC1SCCC1Nc1cc(F)c(F)c(F)c1. The first-order valence-corrected chi connectivity index (χ1v) is 6.15. The first-order chi connectivity index (χ1) is 7.58. The number of benzene rings is 1. The van der Waals surface area contributed by atoms with Gasteiger partial charge in [0.15, 0.2) is 17.5 Å². The minimum atomic E-state index is -1.42. The van der Waals surface area contributed by atoms with Crippen molar-refractivity contribution >= 4 is 17.4 Å². The van der Waals surface area contributed by atoms with Crippen LogP contribution >= 0.6 is 11.8 Å². The standard InChI is InChI=1S/C11H12F3NS/c1-6-10(2-3-16-6)15-7-4-8(12)11(14)9(13)5-7/h4-6,10,15H,2-3H2,1H3. The molecule has 1 aromatic carbocycles. The fourth-order valence-corrected chi connectivity index (χ4v) is 2.97. The lowest BCUT2D eigenvalue weighted by atomic mass is 10.1. The molecule has 88 valence electrons. The summed E-state index contributed by atoms with van der Waals surface area (Å²) in [6.07, 6.45) is 0.951. The van der Waals surface area contributed by atoms with Crippen molar-refractivity contribution in [3.8, 4) is 0 Å². The number of rotatable bonds is 2.